The number of urea groups is 1. The Kier molecular flexibility index (Phi) is 11.5. The summed E-state index contributed by atoms with van der Waals surface area (Å²) < 4.78 is 0. The van der Waals surface area contributed by atoms with Gasteiger partial charge in [0.15, 0.2) is 0 Å². The summed E-state index contributed by atoms with van der Waals surface area (Å²) in [5, 5.41) is 7.10. The van der Waals surface area contributed by atoms with Gasteiger partial charge in [0.1, 0.15) is 6.11 Å². The first-order valence-electron chi connectivity index (χ1n) is 1.29. The number of terminal acetylenes is 1. The van der Waals surface area contributed by atoms with Crippen LogP contribution >= 0.6 is 0 Å². The Morgan fingerprint density at radius 2 is 1.71 bits per heavy atom. The first kappa shape index (κ1) is 9.16. The van der Waals surface area contributed by atoms with Crippen LogP contribution < -0.4 is 11.5 Å². The lowest BCUT2D eigenvalue weighted by molar-refractivity contribution is 0.256. The molecule has 0 aromatic rings. The van der Waals surface area contributed by atoms with E-state index in [9.17, 15) is 0 Å². The van der Waals surface area contributed by atoms with Crippen molar-refractivity contribution in [1.82, 2.24) is 0 Å². The van der Waals surface area contributed by atoms with Crippen molar-refractivity contribution in [1.29, 1.82) is 0 Å². The van der Waals surface area contributed by atoms with Crippen molar-refractivity contribution < 1.29 is 9.90 Å². The van der Waals surface area contributed by atoms with Crippen LogP contribution in [0.4, 0.5) is 4.79 Å². The van der Waals surface area contributed by atoms with Gasteiger partial charge in [-0.05, 0) is 0 Å². The van der Waals surface area contributed by atoms with Crippen LogP contribution in [-0.4, -0.2) is 11.1 Å². The third kappa shape index (κ3) is 17.1. The van der Waals surface area contributed by atoms with Crippen molar-refractivity contribution in [2.75, 3.05) is 0 Å². The minimum absolute atomic E-state index is 0.833. The number of carbonyl (C=O) groups excluding carboxylic acids is 1. The number of primary amides is 2. The maximum absolute atomic E-state index is 9.00. The van der Waals surface area contributed by atoms with Gasteiger partial charge in [-0.25, -0.2) is 4.79 Å². The Balaban J connectivity index is 0. The normalized spacial score (nSPS) is 4.43. The fourth-order valence-electron chi connectivity index (χ4n) is 0. The van der Waals surface area contributed by atoms with Gasteiger partial charge in [0.2, 0.25) is 0 Å². The number of amides is 2. The molecule has 0 atom stereocenters. The lowest BCUT2D eigenvalue weighted by Gasteiger charge is -1.62. The number of hydrogen-bond acceptors (Lipinski definition) is 2. The summed E-state index contributed by atoms with van der Waals surface area (Å²) in [7, 11) is 0. The number of rotatable bonds is 0. The van der Waals surface area contributed by atoms with Crippen molar-refractivity contribution in [2.45, 2.75) is 0 Å². The molecular formula is C3H6N2O2. The highest BCUT2D eigenvalue weighted by Crippen LogP contribution is 1.25. The Morgan fingerprint density at radius 3 is 1.71 bits per heavy atom. The number of hydrogen-bond donors (Lipinski definition) is 3. The smallest absolute Gasteiger partial charge is 0.309 e. The molecule has 0 radical (unpaired) electrons. The van der Waals surface area contributed by atoms with Crippen LogP contribution in [0.25, 0.3) is 0 Å². The van der Waals surface area contributed by atoms with E-state index >= 15 is 0 Å². The molecule has 0 aliphatic rings. The number of carbonyl (C=O) groups is 1. The molecule has 0 aromatic carbocycles. The summed E-state index contributed by atoms with van der Waals surface area (Å²) in [6.45, 7) is 0. The van der Waals surface area contributed by atoms with E-state index < -0.39 is 6.03 Å². The Labute approximate surface area is 41.1 Å². The molecule has 0 fully saturated rings. The molecule has 0 spiro atoms. The summed E-state index contributed by atoms with van der Waals surface area (Å²) in [5.74, 6) is 0. The van der Waals surface area contributed by atoms with Gasteiger partial charge in [-0.2, -0.15) is 0 Å². The Bertz CT molecular complexity index is 79.4. The van der Waals surface area contributed by atoms with Gasteiger partial charge in [0.05, 0.1) is 0 Å². The predicted molar refractivity (Wildman–Crippen MR) is 24.5 cm³/mol. The van der Waals surface area contributed by atoms with Crippen molar-refractivity contribution in [3.8, 4) is 12.5 Å². The summed E-state index contributed by atoms with van der Waals surface area (Å²) in [5.41, 5.74) is 8.50. The predicted octanol–water partition coefficient (Wildman–Crippen LogP) is -1.03. The number of aliphatic hydroxyl groups excluding tert-OH is 1. The highest BCUT2D eigenvalue weighted by Gasteiger charge is 1.60. The van der Waals surface area contributed by atoms with Crippen LogP contribution in [0.3, 0.4) is 0 Å². The van der Waals surface area contributed by atoms with Gasteiger partial charge in [0, 0.05) is 0 Å². The molecule has 4 nitrogen and oxygen atoms in total. The molecule has 40 valence electrons. The van der Waals surface area contributed by atoms with Gasteiger partial charge in [-0.3, -0.25) is 0 Å². The van der Waals surface area contributed by atoms with Crippen LogP contribution in [0.5, 0.6) is 0 Å². The zero-order chi connectivity index (χ0) is 6.28. The average Bonchev–Trinajstić information content (AvgIpc) is 1.33. The fraction of sp³-hybridized carbons (Fsp3) is 0. The quantitative estimate of drug-likeness (QED) is 0.341. The summed E-state index contributed by atoms with van der Waals surface area (Å²) >= 11 is 0. The van der Waals surface area contributed by atoms with Crippen molar-refractivity contribution in [3.63, 3.8) is 0 Å². The highest BCUT2D eigenvalue weighted by atomic mass is 16.2. The second-order valence-electron chi connectivity index (χ2n) is 0.531. The van der Waals surface area contributed by atoms with Gasteiger partial charge in [-0.1, -0.05) is 6.42 Å². The van der Waals surface area contributed by atoms with Gasteiger partial charge in [0.25, 0.3) is 0 Å². The minimum Gasteiger partial charge on any atom is -0.462 e. The zero-order valence-corrected chi connectivity index (χ0v) is 3.59. The van der Waals surface area contributed by atoms with Crippen LogP contribution in [-0.2, 0) is 0 Å². The summed E-state index contributed by atoms with van der Waals surface area (Å²) in [4.78, 5) is 9.00. The van der Waals surface area contributed by atoms with Crippen LogP contribution in [0.15, 0.2) is 0 Å². The maximum Gasteiger partial charge on any atom is 0.309 e. The average molecular weight is 102 g/mol. The molecule has 0 aliphatic heterocycles. The van der Waals surface area contributed by atoms with E-state index in [1.54, 1.807) is 0 Å². The SMILES string of the molecule is C#CO.NC(N)=O. The molecular weight excluding hydrogens is 96.0 g/mol. The van der Waals surface area contributed by atoms with Gasteiger partial charge < -0.3 is 16.6 Å². The van der Waals surface area contributed by atoms with Crippen LogP contribution in [0.1, 0.15) is 0 Å². The van der Waals surface area contributed by atoms with E-state index in [1.807, 2.05) is 0 Å². The Hall–Kier alpha value is -1.37. The zero-order valence-electron chi connectivity index (χ0n) is 3.59. The summed E-state index contributed by atoms with van der Waals surface area (Å²) in [6.07, 6.45) is 5.40. The molecule has 4 heteroatoms. The Morgan fingerprint density at radius 1 is 1.71 bits per heavy atom. The van der Waals surface area contributed by atoms with E-state index in [1.165, 1.54) is 6.11 Å². The van der Waals surface area contributed by atoms with Crippen LogP contribution in [0, 0.1) is 12.5 Å². The topological polar surface area (TPSA) is 89.3 Å². The standard InChI is InChI=1S/C2H2O.CH4N2O/c1-2-3;2-1(3)4/h1,3H;(H4,2,3,4). The van der Waals surface area contributed by atoms with Crippen molar-refractivity contribution in [2.24, 2.45) is 11.5 Å². The molecule has 0 heterocycles. The van der Waals surface area contributed by atoms with Crippen molar-refractivity contribution in [3.05, 3.63) is 0 Å². The van der Waals surface area contributed by atoms with Crippen LogP contribution in [0.2, 0.25) is 0 Å². The van der Waals surface area contributed by atoms with E-state index in [-0.39, 0.29) is 0 Å². The lowest BCUT2D eigenvalue weighted by Crippen LogP contribution is -2.18. The van der Waals surface area contributed by atoms with Gasteiger partial charge >= 0.3 is 6.03 Å². The summed E-state index contributed by atoms with van der Waals surface area (Å²) in [6, 6.07) is -0.833. The van der Waals surface area contributed by atoms with Crippen molar-refractivity contribution >= 4 is 6.03 Å². The molecule has 0 aliphatic carbocycles. The first-order valence-corrected chi connectivity index (χ1v) is 1.29. The second kappa shape index (κ2) is 8.82. The molecule has 0 aromatic heterocycles. The van der Waals surface area contributed by atoms with E-state index in [0.29, 0.717) is 0 Å². The monoisotopic (exact) mass is 102 g/mol. The molecule has 7 heavy (non-hydrogen) atoms. The molecule has 0 unspecified atom stereocenters. The third-order valence-electron chi connectivity index (χ3n) is 0. The molecule has 0 bridgehead atoms. The highest BCUT2D eigenvalue weighted by molar-refractivity contribution is 5.69. The molecule has 0 saturated carbocycles. The first-order chi connectivity index (χ1) is 3.15. The van der Waals surface area contributed by atoms with E-state index in [0.717, 1.165) is 0 Å². The third-order valence-corrected chi connectivity index (χ3v) is 0. The largest absolute Gasteiger partial charge is 0.462 e. The van der Waals surface area contributed by atoms with E-state index in [2.05, 4.69) is 17.9 Å². The fourth-order valence-corrected chi connectivity index (χ4v) is 0. The van der Waals surface area contributed by atoms with Gasteiger partial charge in [-0.15, -0.1) is 0 Å². The molecule has 5 N–H and O–H groups in total. The molecule has 0 rings (SSSR count). The maximum atomic E-state index is 9.00. The molecule has 0 saturated heterocycles. The second-order valence-corrected chi connectivity index (χ2v) is 0.531. The lowest BCUT2D eigenvalue weighted by atomic mass is 11.2. The number of nitrogens with two attached hydrogens (primary N) is 2. The van der Waals surface area contributed by atoms with E-state index in [4.69, 9.17) is 9.90 Å². The minimum atomic E-state index is -0.833. The number of aliphatic hydroxyl groups is 1. The molecule has 2 amide bonds.